The van der Waals surface area contributed by atoms with Crippen molar-refractivity contribution in [1.29, 1.82) is 5.26 Å². The number of hydrogen-bond acceptors (Lipinski definition) is 3. The maximum Gasteiger partial charge on any atom is 0.416 e. The third-order valence-electron chi connectivity index (χ3n) is 2.71. The van der Waals surface area contributed by atoms with Gasteiger partial charge in [0.15, 0.2) is 0 Å². The second-order valence-corrected chi connectivity index (χ2v) is 3.97. The number of rotatable bonds is 2. The zero-order valence-electron chi connectivity index (χ0n) is 10.4. The number of aromatic nitrogens is 1. The van der Waals surface area contributed by atoms with Gasteiger partial charge in [-0.15, -0.1) is 0 Å². The van der Waals surface area contributed by atoms with Crippen molar-refractivity contribution >= 4 is 0 Å². The molecular formula is C14H9F3N2O. The summed E-state index contributed by atoms with van der Waals surface area (Å²) in [7, 11) is 1.39. The second kappa shape index (κ2) is 5.21. The van der Waals surface area contributed by atoms with Crippen LogP contribution in [0.1, 0.15) is 11.1 Å². The third kappa shape index (κ3) is 2.72. The molecule has 0 aliphatic heterocycles. The molecule has 0 N–H and O–H groups in total. The standard InChI is InChI=1S/C14H9F3N2O/c1-20-13-10(7-18)6-11(8-19-13)9-2-4-12(5-3-9)14(15,16)17/h2-6,8H,1H3. The largest absolute Gasteiger partial charge is 0.480 e. The van der Waals surface area contributed by atoms with Crippen LogP contribution in [0.3, 0.4) is 0 Å². The van der Waals surface area contributed by atoms with E-state index in [0.717, 1.165) is 12.1 Å². The van der Waals surface area contributed by atoms with Crippen LogP contribution in [0.25, 0.3) is 11.1 Å². The molecule has 3 nitrogen and oxygen atoms in total. The van der Waals surface area contributed by atoms with Gasteiger partial charge in [-0.1, -0.05) is 12.1 Å². The number of ether oxygens (including phenoxy) is 1. The van der Waals surface area contributed by atoms with Crippen LogP contribution in [0.5, 0.6) is 5.88 Å². The molecule has 0 aliphatic carbocycles. The molecule has 0 saturated heterocycles. The topological polar surface area (TPSA) is 45.9 Å². The van der Waals surface area contributed by atoms with E-state index in [9.17, 15) is 13.2 Å². The van der Waals surface area contributed by atoms with Crippen LogP contribution < -0.4 is 4.74 Å². The average Bonchev–Trinajstić information content (AvgIpc) is 2.45. The Morgan fingerprint density at radius 2 is 1.80 bits per heavy atom. The first-order valence-corrected chi connectivity index (χ1v) is 5.57. The Balaban J connectivity index is 2.40. The molecular weight excluding hydrogens is 269 g/mol. The van der Waals surface area contributed by atoms with Gasteiger partial charge in [-0.2, -0.15) is 18.4 Å². The summed E-state index contributed by atoms with van der Waals surface area (Å²) < 4.78 is 42.3. The first-order chi connectivity index (χ1) is 9.45. The molecule has 0 fully saturated rings. The number of methoxy groups -OCH3 is 1. The van der Waals surface area contributed by atoms with Gasteiger partial charge < -0.3 is 4.74 Å². The molecule has 0 unspecified atom stereocenters. The van der Waals surface area contributed by atoms with Crippen molar-refractivity contribution in [2.75, 3.05) is 7.11 Å². The molecule has 0 aliphatic rings. The van der Waals surface area contributed by atoms with E-state index in [1.165, 1.54) is 31.5 Å². The van der Waals surface area contributed by atoms with Crippen LogP contribution in [0.4, 0.5) is 13.2 Å². The minimum Gasteiger partial charge on any atom is -0.480 e. The van der Waals surface area contributed by atoms with Crippen LogP contribution in [0.15, 0.2) is 36.5 Å². The molecule has 0 atom stereocenters. The molecule has 0 saturated carbocycles. The molecule has 0 amide bonds. The minimum absolute atomic E-state index is 0.183. The first kappa shape index (κ1) is 13.9. The summed E-state index contributed by atoms with van der Waals surface area (Å²) in [4.78, 5) is 3.95. The molecule has 2 aromatic rings. The normalized spacial score (nSPS) is 10.9. The van der Waals surface area contributed by atoms with Crippen molar-refractivity contribution in [3.63, 3.8) is 0 Å². The number of hydrogen-bond donors (Lipinski definition) is 0. The summed E-state index contributed by atoms with van der Waals surface area (Å²) in [5.74, 6) is 0.183. The highest BCUT2D eigenvalue weighted by molar-refractivity contribution is 5.65. The minimum atomic E-state index is -4.37. The number of benzene rings is 1. The zero-order chi connectivity index (χ0) is 14.8. The molecule has 1 aromatic carbocycles. The maximum absolute atomic E-state index is 12.5. The summed E-state index contributed by atoms with van der Waals surface area (Å²) in [6, 6.07) is 8.11. The Hall–Kier alpha value is -2.55. The Labute approximate surface area is 113 Å². The predicted molar refractivity (Wildman–Crippen MR) is 65.9 cm³/mol. The van der Waals surface area contributed by atoms with Crippen LogP contribution in [0, 0.1) is 11.3 Å². The lowest BCUT2D eigenvalue weighted by atomic mass is 10.0. The van der Waals surface area contributed by atoms with E-state index in [1.54, 1.807) is 0 Å². The van der Waals surface area contributed by atoms with Crippen molar-refractivity contribution in [2.24, 2.45) is 0 Å². The van der Waals surface area contributed by atoms with E-state index in [1.807, 2.05) is 6.07 Å². The van der Waals surface area contributed by atoms with Gasteiger partial charge in [0.2, 0.25) is 5.88 Å². The van der Waals surface area contributed by atoms with Crippen molar-refractivity contribution in [3.05, 3.63) is 47.7 Å². The molecule has 0 spiro atoms. The SMILES string of the molecule is COc1ncc(-c2ccc(C(F)(F)F)cc2)cc1C#N. The van der Waals surface area contributed by atoms with Gasteiger partial charge in [0.1, 0.15) is 11.6 Å². The van der Waals surface area contributed by atoms with Gasteiger partial charge >= 0.3 is 6.18 Å². The van der Waals surface area contributed by atoms with Gasteiger partial charge in [-0.3, -0.25) is 0 Å². The predicted octanol–water partition coefficient (Wildman–Crippen LogP) is 3.65. The quantitative estimate of drug-likeness (QED) is 0.842. The Bertz CT molecular complexity index is 658. The number of nitrogens with zero attached hydrogens (tertiary/aromatic N) is 2. The van der Waals surface area contributed by atoms with Crippen molar-refractivity contribution < 1.29 is 17.9 Å². The molecule has 2 rings (SSSR count). The van der Waals surface area contributed by atoms with Crippen LogP contribution in [0.2, 0.25) is 0 Å². The first-order valence-electron chi connectivity index (χ1n) is 5.57. The van der Waals surface area contributed by atoms with Crippen molar-refractivity contribution in [1.82, 2.24) is 4.98 Å². The summed E-state index contributed by atoms with van der Waals surface area (Å²) in [5, 5.41) is 8.95. The summed E-state index contributed by atoms with van der Waals surface area (Å²) in [5.41, 5.74) is 0.605. The smallest absolute Gasteiger partial charge is 0.416 e. The highest BCUT2D eigenvalue weighted by atomic mass is 19.4. The van der Waals surface area contributed by atoms with Crippen molar-refractivity contribution in [2.45, 2.75) is 6.18 Å². The van der Waals surface area contributed by atoms with E-state index in [2.05, 4.69) is 4.98 Å². The van der Waals surface area contributed by atoms with E-state index < -0.39 is 11.7 Å². The lowest BCUT2D eigenvalue weighted by Gasteiger charge is -2.08. The lowest BCUT2D eigenvalue weighted by molar-refractivity contribution is -0.137. The monoisotopic (exact) mass is 278 g/mol. The number of pyridine rings is 1. The fourth-order valence-electron chi connectivity index (χ4n) is 1.70. The lowest BCUT2D eigenvalue weighted by Crippen LogP contribution is -2.04. The van der Waals surface area contributed by atoms with Gasteiger partial charge in [-0.05, 0) is 23.8 Å². The second-order valence-electron chi connectivity index (χ2n) is 3.97. The van der Waals surface area contributed by atoms with E-state index in [-0.39, 0.29) is 11.4 Å². The summed E-state index contributed by atoms with van der Waals surface area (Å²) >= 11 is 0. The summed E-state index contributed by atoms with van der Waals surface area (Å²) in [6.45, 7) is 0. The summed E-state index contributed by atoms with van der Waals surface area (Å²) in [6.07, 6.45) is -2.92. The highest BCUT2D eigenvalue weighted by Gasteiger charge is 2.29. The fourth-order valence-corrected chi connectivity index (χ4v) is 1.70. The van der Waals surface area contributed by atoms with Crippen molar-refractivity contribution in [3.8, 4) is 23.1 Å². The van der Waals surface area contributed by atoms with Gasteiger partial charge in [0, 0.05) is 11.8 Å². The number of nitriles is 1. The Morgan fingerprint density at radius 3 is 2.30 bits per heavy atom. The molecule has 0 bridgehead atoms. The van der Waals surface area contributed by atoms with Crippen LogP contribution in [-0.2, 0) is 6.18 Å². The molecule has 1 heterocycles. The van der Waals surface area contributed by atoms with Gasteiger partial charge in [0.25, 0.3) is 0 Å². The van der Waals surface area contributed by atoms with E-state index >= 15 is 0 Å². The molecule has 1 aromatic heterocycles. The molecule has 102 valence electrons. The third-order valence-corrected chi connectivity index (χ3v) is 2.71. The average molecular weight is 278 g/mol. The molecule has 6 heteroatoms. The maximum atomic E-state index is 12.5. The Kier molecular flexibility index (Phi) is 3.61. The fraction of sp³-hybridized carbons (Fsp3) is 0.143. The number of alkyl halides is 3. The Morgan fingerprint density at radius 1 is 1.15 bits per heavy atom. The van der Waals surface area contributed by atoms with Gasteiger partial charge in [0.05, 0.1) is 12.7 Å². The molecule has 0 radical (unpaired) electrons. The zero-order valence-corrected chi connectivity index (χ0v) is 10.4. The highest BCUT2D eigenvalue weighted by Crippen LogP contribution is 2.31. The van der Waals surface area contributed by atoms with Crippen LogP contribution >= 0.6 is 0 Å². The van der Waals surface area contributed by atoms with E-state index in [4.69, 9.17) is 10.00 Å². The van der Waals surface area contributed by atoms with E-state index in [0.29, 0.717) is 11.1 Å². The number of halogens is 3. The van der Waals surface area contributed by atoms with Gasteiger partial charge in [-0.25, -0.2) is 4.98 Å². The van der Waals surface area contributed by atoms with Crippen LogP contribution in [-0.4, -0.2) is 12.1 Å². The molecule has 20 heavy (non-hydrogen) atoms.